The Kier molecular flexibility index (Phi) is 14.6. The van der Waals surface area contributed by atoms with E-state index in [1.165, 1.54) is 44.9 Å². The summed E-state index contributed by atoms with van der Waals surface area (Å²) >= 11 is 0. The van der Waals surface area contributed by atoms with Crippen molar-refractivity contribution in [2.24, 2.45) is 11.8 Å². The van der Waals surface area contributed by atoms with Gasteiger partial charge in [0.05, 0.1) is 18.4 Å². The molecule has 0 fully saturated rings. The Labute approximate surface area is 154 Å². The number of rotatable bonds is 16. The van der Waals surface area contributed by atoms with Crippen molar-refractivity contribution in [1.29, 1.82) is 0 Å². The molecule has 148 valence electrons. The van der Waals surface area contributed by atoms with Crippen LogP contribution in [0, 0.1) is 11.8 Å². The molecule has 0 saturated heterocycles. The van der Waals surface area contributed by atoms with Gasteiger partial charge in [-0.3, -0.25) is 9.59 Å². The number of carboxylic acid groups (broad SMARTS) is 1. The molecule has 2 unspecified atom stereocenters. The minimum absolute atomic E-state index is 0.121. The molecule has 0 spiro atoms. The van der Waals surface area contributed by atoms with E-state index in [9.17, 15) is 9.59 Å². The van der Waals surface area contributed by atoms with Gasteiger partial charge in [-0.25, -0.2) is 0 Å². The molecule has 0 heterocycles. The Morgan fingerprint density at radius 3 is 1.88 bits per heavy atom. The number of aliphatic carboxylic acids is 1. The Bertz CT molecular complexity index is 352. The molecule has 0 saturated carbocycles. The lowest BCUT2D eigenvalue weighted by atomic mass is 9.96. The van der Waals surface area contributed by atoms with E-state index in [1.807, 2.05) is 6.92 Å². The number of hydrogen-bond donors (Lipinski definition) is 1. The van der Waals surface area contributed by atoms with Crippen molar-refractivity contribution in [1.82, 2.24) is 0 Å². The summed E-state index contributed by atoms with van der Waals surface area (Å²) in [5, 5.41) is 9.05. The molecule has 25 heavy (non-hydrogen) atoms. The third kappa shape index (κ3) is 14.9. The minimum Gasteiger partial charge on any atom is -0.481 e. The number of carbonyl (C=O) groups excluding carboxylic acids is 1. The van der Waals surface area contributed by atoms with Gasteiger partial charge in [0.1, 0.15) is 0 Å². The Balaban J connectivity index is 4.02. The third-order valence-corrected chi connectivity index (χ3v) is 4.53. The largest absolute Gasteiger partial charge is 0.481 e. The first-order chi connectivity index (χ1) is 11.9. The van der Waals surface area contributed by atoms with Crippen LogP contribution in [-0.2, 0) is 14.3 Å². The van der Waals surface area contributed by atoms with Gasteiger partial charge in [-0.2, -0.15) is 0 Å². The van der Waals surface area contributed by atoms with E-state index in [-0.39, 0.29) is 18.5 Å². The summed E-state index contributed by atoms with van der Waals surface area (Å²) in [5.74, 6) is -1.31. The van der Waals surface area contributed by atoms with Gasteiger partial charge in [-0.15, -0.1) is 0 Å². The van der Waals surface area contributed by atoms with Gasteiger partial charge in [0.2, 0.25) is 0 Å². The SMILES string of the molecule is CCCCCCCCCCCC(CC(=O)O)C(=O)OC(C)CC(C)C. The van der Waals surface area contributed by atoms with Gasteiger partial charge in [0.25, 0.3) is 0 Å². The molecular formula is C21H40O4. The van der Waals surface area contributed by atoms with Crippen LogP contribution >= 0.6 is 0 Å². The van der Waals surface area contributed by atoms with Gasteiger partial charge in [0.15, 0.2) is 0 Å². The summed E-state index contributed by atoms with van der Waals surface area (Å²) in [6.45, 7) is 8.28. The molecule has 4 heteroatoms. The third-order valence-electron chi connectivity index (χ3n) is 4.53. The number of esters is 1. The van der Waals surface area contributed by atoms with E-state index in [0.29, 0.717) is 12.3 Å². The topological polar surface area (TPSA) is 63.6 Å². The molecule has 0 aliphatic carbocycles. The average Bonchev–Trinajstić information content (AvgIpc) is 2.50. The van der Waals surface area contributed by atoms with Crippen LogP contribution in [0.25, 0.3) is 0 Å². The second kappa shape index (κ2) is 15.2. The van der Waals surface area contributed by atoms with Crippen LogP contribution in [0.5, 0.6) is 0 Å². The van der Waals surface area contributed by atoms with Crippen molar-refractivity contribution in [2.45, 2.75) is 111 Å². The van der Waals surface area contributed by atoms with Crippen molar-refractivity contribution in [2.75, 3.05) is 0 Å². The normalized spacial score (nSPS) is 13.6. The summed E-state index contributed by atoms with van der Waals surface area (Å²) in [5.41, 5.74) is 0. The lowest BCUT2D eigenvalue weighted by Gasteiger charge is -2.19. The van der Waals surface area contributed by atoms with Gasteiger partial charge in [-0.1, -0.05) is 78.6 Å². The van der Waals surface area contributed by atoms with E-state index in [0.717, 1.165) is 19.3 Å². The maximum atomic E-state index is 12.3. The molecule has 0 aliphatic heterocycles. The summed E-state index contributed by atoms with van der Waals surface area (Å²) in [7, 11) is 0. The fourth-order valence-electron chi connectivity index (χ4n) is 3.22. The zero-order valence-electron chi connectivity index (χ0n) is 16.9. The molecule has 1 N–H and O–H groups in total. The minimum atomic E-state index is -0.922. The van der Waals surface area contributed by atoms with Crippen LogP contribution in [0.15, 0.2) is 0 Å². The van der Waals surface area contributed by atoms with E-state index >= 15 is 0 Å². The summed E-state index contributed by atoms with van der Waals surface area (Å²) in [6.07, 6.45) is 12.1. The van der Waals surface area contributed by atoms with Gasteiger partial charge in [0, 0.05) is 0 Å². The number of unbranched alkanes of at least 4 members (excludes halogenated alkanes) is 8. The molecular weight excluding hydrogens is 316 g/mol. The Morgan fingerprint density at radius 1 is 0.880 bits per heavy atom. The molecule has 4 nitrogen and oxygen atoms in total. The van der Waals surface area contributed by atoms with E-state index in [1.54, 1.807) is 0 Å². The first-order valence-electron chi connectivity index (χ1n) is 10.3. The highest BCUT2D eigenvalue weighted by Gasteiger charge is 2.24. The molecule has 0 amide bonds. The quantitative estimate of drug-likeness (QED) is 0.273. The second-order valence-electron chi connectivity index (χ2n) is 7.79. The van der Waals surface area contributed by atoms with Crippen LogP contribution in [0.4, 0.5) is 0 Å². The molecule has 0 rings (SSSR count). The zero-order chi connectivity index (χ0) is 19.1. The number of carboxylic acids is 1. The highest BCUT2D eigenvalue weighted by atomic mass is 16.5. The van der Waals surface area contributed by atoms with Crippen molar-refractivity contribution in [3.8, 4) is 0 Å². The molecule has 0 aromatic carbocycles. The van der Waals surface area contributed by atoms with Gasteiger partial charge < -0.3 is 9.84 Å². The second-order valence-corrected chi connectivity index (χ2v) is 7.79. The van der Waals surface area contributed by atoms with Crippen LogP contribution in [0.1, 0.15) is 105 Å². The maximum absolute atomic E-state index is 12.3. The molecule has 0 bridgehead atoms. The van der Waals surface area contributed by atoms with Gasteiger partial charge in [-0.05, 0) is 25.7 Å². The summed E-state index contributed by atoms with van der Waals surface area (Å²) in [4.78, 5) is 23.3. The zero-order valence-corrected chi connectivity index (χ0v) is 16.9. The van der Waals surface area contributed by atoms with Crippen molar-refractivity contribution < 1.29 is 19.4 Å². The van der Waals surface area contributed by atoms with Crippen molar-refractivity contribution >= 4 is 11.9 Å². The maximum Gasteiger partial charge on any atom is 0.309 e. The van der Waals surface area contributed by atoms with Crippen LogP contribution in [-0.4, -0.2) is 23.1 Å². The molecule has 0 radical (unpaired) electrons. The fourth-order valence-corrected chi connectivity index (χ4v) is 3.22. The average molecular weight is 357 g/mol. The van der Waals surface area contributed by atoms with E-state index < -0.39 is 11.9 Å². The first-order valence-corrected chi connectivity index (χ1v) is 10.3. The molecule has 2 atom stereocenters. The fraction of sp³-hybridized carbons (Fsp3) is 0.905. The Hall–Kier alpha value is -1.06. The number of hydrogen-bond acceptors (Lipinski definition) is 3. The lowest BCUT2D eigenvalue weighted by molar-refractivity contribution is -0.157. The number of ether oxygens (including phenoxy) is 1. The van der Waals surface area contributed by atoms with Crippen LogP contribution in [0.2, 0.25) is 0 Å². The smallest absolute Gasteiger partial charge is 0.309 e. The predicted molar refractivity (Wildman–Crippen MR) is 103 cm³/mol. The lowest BCUT2D eigenvalue weighted by Crippen LogP contribution is -2.25. The van der Waals surface area contributed by atoms with E-state index in [4.69, 9.17) is 9.84 Å². The highest BCUT2D eigenvalue weighted by molar-refractivity contribution is 5.79. The van der Waals surface area contributed by atoms with Crippen LogP contribution < -0.4 is 0 Å². The van der Waals surface area contributed by atoms with Crippen molar-refractivity contribution in [3.63, 3.8) is 0 Å². The highest BCUT2D eigenvalue weighted by Crippen LogP contribution is 2.19. The van der Waals surface area contributed by atoms with Gasteiger partial charge >= 0.3 is 11.9 Å². The summed E-state index contributed by atoms with van der Waals surface area (Å²) < 4.78 is 5.46. The molecule has 0 aromatic rings. The summed E-state index contributed by atoms with van der Waals surface area (Å²) in [6, 6.07) is 0. The number of carbonyl (C=O) groups is 2. The Morgan fingerprint density at radius 2 is 1.40 bits per heavy atom. The molecule has 0 aliphatic rings. The first kappa shape index (κ1) is 23.9. The molecule has 0 aromatic heterocycles. The van der Waals surface area contributed by atoms with Crippen LogP contribution in [0.3, 0.4) is 0 Å². The van der Waals surface area contributed by atoms with E-state index in [2.05, 4.69) is 20.8 Å². The predicted octanol–water partition coefficient (Wildman–Crippen LogP) is 5.98. The monoisotopic (exact) mass is 356 g/mol. The van der Waals surface area contributed by atoms with Crippen molar-refractivity contribution in [3.05, 3.63) is 0 Å². The standard InChI is InChI=1S/C21H40O4/c1-5-6-7-8-9-10-11-12-13-14-19(16-20(22)23)21(24)25-18(4)15-17(2)3/h17-19H,5-16H2,1-4H3,(H,22,23).